The third kappa shape index (κ3) is 6.80. The van der Waals surface area contributed by atoms with Gasteiger partial charge in [0, 0.05) is 38.6 Å². The van der Waals surface area contributed by atoms with Gasteiger partial charge in [0.05, 0.1) is 25.8 Å². The minimum absolute atomic E-state index is 0.0910. The molecule has 6 nitrogen and oxygen atoms in total. The number of halogens is 1. The fourth-order valence-corrected chi connectivity index (χ4v) is 3.40. The monoisotopic (exact) mass is 399 g/mol. The number of pyridine rings is 1. The molecular weight excluding hydrogens is 369 g/mol. The van der Waals surface area contributed by atoms with Gasteiger partial charge < -0.3 is 15.4 Å². The first-order valence-corrected chi connectivity index (χ1v) is 10.2. The van der Waals surface area contributed by atoms with Crippen LogP contribution in [0.2, 0.25) is 0 Å². The van der Waals surface area contributed by atoms with Crippen LogP contribution in [0, 0.1) is 5.82 Å². The summed E-state index contributed by atoms with van der Waals surface area (Å²) in [6.07, 6.45) is 4.54. The number of nitrogens with zero attached hydrogens (tertiary/aromatic N) is 3. The number of hydrogen-bond acceptors (Lipinski definition) is 4. The lowest BCUT2D eigenvalue weighted by molar-refractivity contribution is 0.0179. The van der Waals surface area contributed by atoms with Gasteiger partial charge in [-0.1, -0.05) is 18.2 Å². The van der Waals surface area contributed by atoms with Crippen molar-refractivity contribution in [3.63, 3.8) is 0 Å². The largest absolute Gasteiger partial charge is 0.379 e. The van der Waals surface area contributed by atoms with E-state index in [2.05, 4.69) is 33.5 Å². The minimum Gasteiger partial charge on any atom is -0.379 e. The van der Waals surface area contributed by atoms with Gasteiger partial charge in [0.1, 0.15) is 5.82 Å². The number of aliphatic imine (C=N–C) groups is 1. The van der Waals surface area contributed by atoms with E-state index in [-0.39, 0.29) is 11.9 Å². The van der Waals surface area contributed by atoms with Crippen LogP contribution >= 0.6 is 0 Å². The number of morpholine rings is 1. The van der Waals surface area contributed by atoms with Crippen molar-refractivity contribution in [2.24, 2.45) is 4.99 Å². The molecule has 1 unspecified atom stereocenters. The van der Waals surface area contributed by atoms with Crippen molar-refractivity contribution in [3.8, 4) is 0 Å². The van der Waals surface area contributed by atoms with Crippen LogP contribution in [0.5, 0.6) is 0 Å². The summed E-state index contributed by atoms with van der Waals surface area (Å²) in [6, 6.07) is 10.9. The Hall–Kier alpha value is -2.51. The van der Waals surface area contributed by atoms with Crippen LogP contribution in [-0.4, -0.2) is 61.8 Å². The van der Waals surface area contributed by atoms with E-state index in [4.69, 9.17) is 9.73 Å². The van der Waals surface area contributed by atoms with Crippen molar-refractivity contribution in [1.29, 1.82) is 0 Å². The van der Waals surface area contributed by atoms with Gasteiger partial charge in [-0.2, -0.15) is 0 Å². The van der Waals surface area contributed by atoms with Crippen LogP contribution in [0.1, 0.15) is 24.1 Å². The molecule has 1 aliphatic heterocycles. The highest BCUT2D eigenvalue weighted by Crippen LogP contribution is 2.22. The van der Waals surface area contributed by atoms with Gasteiger partial charge in [0.15, 0.2) is 5.96 Å². The Kier molecular flexibility index (Phi) is 8.40. The van der Waals surface area contributed by atoms with E-state index < -0.39 is 0 Å². The number of rotatable bonds is 8. The zero-order valence-electron chi connectivity index (χ0n) is 17.0. The van der Waals surface area contributed by atoms with Crippen molar-refractivity contribution in [3.05, 3.63) is 65.7 Å². The highest BCUT2D eigenvalue weighted by molar-refractivity contribution is 5.79. The first-order chi connectivity index (χ1) is 14.3. The predicted molar refractivity (Wildman–Crippen MR) is 113 cm³/mol. The van der Waals surface area contributed by atoms with E-state index in [1.165, 1.54) is 17.7 Å². The van der Waals surface area contributed by atoms with Crippen molar-refractivity contribution in [1.82, 2.24) is 20.5 Å². The normalized spacial score (nSPS) is 16.4. The van der Waals surface area contributed by atoms with Crippen molar-refractivity contribution in [2.75, 3.05) is 45.9 Å². The summed E-state index contributed by atoms with van der Waals surface area (Å²) in [6.45, 7) is 7.33. The summed E-state index contributed by atoms with van der Waals surface area (Å²) >= 11 is 0. The second-order valence-electron chi connectivity index (χ2n) is 6.97. The second kappa shape index (κ2) is 11.5. The van der Waals surface area contributed by atoms with E-state index in [1.54, 1.807) is 6.20 Å². The number of ether oxygens (including phenoxy) is 1. The summed E-state index contributed by atoms with van der Waals surface area (Å²) in [5.41, 5.74) is 2.26. The number of hydrogen-bond donors (Lipinski definition) is 2. The first kappa shape index (κ1) is 21.2. The Balaban J connectivity index is 1.65. The molecule has 29 heavy (non-hydrogen) atoms. The number of nitrogens with one attached hydrogen (secondary N) is 2. The lowest BCUT2D eigenvalue weighted by atomic mass is 10.0. The Bertz CT molecular complexity index is 748. The molecule has 1 fully saturated rings. The van der Waals surface area contributed by atoms with E-state index in [0.29, 0.717) is 19.8 Å². The molecule has 2 heterocycles. The summed E-state index contributed by atoms with van der Waals surface area (Å²) in [5.74, 6) is 0.570. The fourth-order valence-electron chi connectivity index (χ4n) is 3.40. The molecule has 2 N–H and O–H groups in total. The summed E-state index contributed by atoms with van der Waals surface area (Å²) in [7, 11) is 0. The molecule has 0 radical (unpaired) electrons. The minimum atomic E-state index is -0.219. The number of aromatic nitrogens is 1. The highest BCUT2D eigenvalue weighted by atomic mass is 19.1. The molecule has 1 aromatic heterocycles. The number of benzene rings is 1. The molecule has 0 amide bonds. The first-order valence-electron chi connectivity index (χ1n) is 10.2. The third-order valence-corrected chi connectivity index (χ3v) is 4.94. The highest BCUT2D eigenvalue weighted by Gasteiger charge is 2.22. The van der Waals surface area contributed by atoms with Crippen LogP contribution < -0.4 is 10.6 Å². The van der Waals surface area contributed by atoms with E-state index in [0.717, 1.165) is 44.1 Å². The van der Waals surface area contributed by atoms with Crippen LogP contribution in [0.3, 0.4) is 0 Å². The Morgan fingerprint density at radius 3 is 2.69 bits per heavy atom. The van der Waals surface area contributed by atoms with Crippen molar-refractivity contribution >= 4 is 5.96 Å². The molecule has 7 heteroatoms. The molecule has 1 saturated heterocycles. The molecule has 0 spiro atoms. The van der Waals surface area contributed by atoms with E-state index in [9.17, 15) is 4.39 Å². The summed E-state index contributed by atoms with van der Waals surface area (Å²) in [5, 5.41) is 6.70. The Labute approximate surface area is 172 Å². The van der Waals surface area contributed by atoms with Gasteiger partial charge in [-0.3, -0.25) is 14.9 Å². The van der Waals surface area contributed by atoms with Crippen LogP contribution in [-0.2, 0) is 11.2 Å². The average molecular weight is 400 g/mol. The second-order valence-corrected chi connectivity index (χ2v) is 6.97. The maximum Gasteiger partial charge on any atom is 0.191 e. The van der Waals surface area contributed by atoms with Gasteiger partial charge >= 0.3 is 0 Å². The molecule has 1 aromatic carbocycles. The maximum atomic E-state index is 13.4. The maximum absolute atomic E-state index is 13.4. The third-order valence-electron chi connectivity index (χ3n) is 4.94. The van der Waals surface area contributed by atoms with E-state index in [1.807, 2.05) is 24.4 Å². The van der Waals surface area contributed by atoms with Crippen molar-refractivity contribution < 1.29 is 9.13 Å². The van der Waals surface area contributed by atoms with Gasteiger partial charge in [-0.25, -0.2) is 4.39 Å². The summed E-state index contributed by atoms with van der Waals surface area (Å²) in [4.78, 5) is 11.3. The van der Waals surface area contributed by atoms with Crippen LogP contribution in [0.25, 0.3) is 0 Å². The molecule has 2 aromatic rings. The SMILES string of the molecule is CCNC(=NCC(c1ccc(F)cc1)N1CCOCC1)NCCc1cccnc1. The smallest absolute Gasteiger partial charge is 0.191 e. The summed E-state index contributed by atoms with van der Waals surface area (Å²) < 4.78 is 18.9. The van der Waals surface area contributed by atoms with E-state index >= 15 is 0 Å². The van der Waals surface area contributed by atoms with Gasteiger partial charge in [0.25, 0.3) is 0 Å². The molecule has 0 bridgehead atoms. The zero-order chi connectivity index (χ0) is 20.3. The van der Waals surface area contributed by atoms with Gasteiger partial charge in [-0.15, -0.1) is 0 Å². The number of guanidine groups is 1. The van der Waals surface area contributed by atoms with Crippen LogP contribution in [0.15, 0.2) is 53.8 Å². The predicted octanol–water partition coefficient (Wildman–Crippen LogP) is 2.39. The quantitative estimate of drug-likeness (QED) is 0.527. The fraction of sp³-hybridized carbons (Fsp3) is 0.455. The average Bonchev–Trinajstić information content (AvgIpc) is 2.76. The standard InChI is InChI=1S/C22H30FN5O/c1-2-25-22(26-11-9-18-4-3-10-24-16-18)27-17-21(28-12-14-29-15-13-28)19-5-7-20(23)8-6-19/h3-8,10,16,21H,2,9,11-15,17H2,1H3,(H2,25,26,27). The van der Waals surface area contributed by atoms with Gasteiger partial charge in [-0.05, 0) is 42.7 Å². The topological polar surface area (TPSA) is 61.8 Å². The van der Waals surface area contributed by atoms with Crippen molar-refractivity contribution in [2.45, 2.75) is 19.4 Å². The lowest BCUT2D eigenvalue weighted by Gasteiger charge is -2.34. The molecule has 1 atom stereocenters. The molecule has 156 valence electrons. The zero-order valence-corrected chi connectivity index (χ0v) is 17.0. The lowest BCUT2D eigenvalue weighted by Crippen LogP contribution is -2.42. The molecule has 1 aliphatic rings. The van der Waals surface area contributed by atoms with Crippen LogP contribution in [0.4, 0.5) is 4.39 Å². The Morgan fingerprint density at radius 1 is 1.21 bits per heavy atom. The molecule has 0 aliphatic carbocycles. The molecular formula is C22H30FN5O. The molecule has 3 rings (SSSR count). The van der Waals surface area contributed by atoms with Gasteiger partial charge in [0.2, 0.25) is 0 Å². The molecule has 0 saturated carbocycles. The Morgan fingerprint density at radius 2 is 2.00 bits per heavy atom.